The third-order valence-corrected chi connectivity index (χ3v) is 3.89. The van der Waals surface area contributed by atoms with E-state index < -0.39 is 0 Å². The van der Waals surface area contributed by atoms with Crippen molar-refractivity contribution in [3.05, 3.63) is 11.4 Å². The molecule has 0 bridgehead atoms. The van der Waals surface area contributed by atoms with Crippen molar-refractivity contribution in [2.75, 3.05) is 24.3 Å². The predicted molar refractivity (Wildman–Crippen MR) is 77.7 cm³/mol. The van der Waals surface area contributed by atoms with Gasteiger partial charge in [0.15, 0.2) is 0 Å². The summed E-state index contributed by atoms with van der Waals surface area (Å²) in [6.07, 6.45) is 3.19. The summed E-state index contributed by atoms with van der Waals surface area (Å²) >= 11 is 0. The van der Waals surface area contributed by atoms with Gasteiger partial charge < -0.3 is 15.7 Å². The highest BCUT2D eigenvalue weighted by molar-refractivity contribution is 5.58. The first kappa shape index (κ1) is 14.1. The van der Waals surface area contributed by atoms with Crippen LogP contribution in [0.3, 0.4) is 0 Å². The second-order valence-electron chi connectivity index (χ2n) is 5.63. The Morgan fingerprint density at radius 2 is 1.95 bits per heavy atom. The van der Waals surface area contributed by atoms with Crippen molar-refractivity contribution in [1.82, 2.24) is 9.97 Å². The van der Waals surface area contributed by atoms with Crippen molar-refractivity contribution in [1.29, 1.82) is 0 Å². The molecule has 0 aromatic carbocycles. The normalized spacial score (nSPS) is 17.9. The van der Waals surface area contributed by atoms with Crippen LogP contribution >= 0.6 is 0 Å². The van der Waals surface area contributed by atoms with Gasteiger partial charge in [0.2, 0.25) is 0 Å². The van der Waals surface area contributed by atoms with Gasteiger partial charge in [0, 0.05) is 18.5 Å². The maximum absolute atomic E-state index is 9.53. The Kier molecular flexibility index (Phi) is 3.94. The van der Waals surface area contributed by atoms with E-state index in [1.165, 1.54) is 12.8 Å². The van der Waals surface area contributed by atoms with Gasteiger partial charge in [0.05, 0.1) is 12.1 Å². The van der Waals surface area contributed by atoms with E-state index in [0.717, 1.165) is 29.4 Å². The second kappa shape index (κ2) is 5.33. The second-order valence-corrected chi connectivity index (χ2v) is 5.63. The van der Waals surface area contributed by atoms with Crippen LogP contribution in [-0.4, -0.2) is 34.3 Å². The molecule has 1 saturated carbocycles. The summed E-state index contributed by atoms with van der Waals surface area (Å²) in [5.74, 6) is 3.12. The molecular weight excluding hydrogens is 240 g/mol. The van der Waals surface area contributed by atoms with E-state index in [-0.39, 0.29) is 12.1 Å². The molecule has 1 atom stereocenters. The maximum atomic E-state index is 9.53. The van der Waals surface area contributed by atoms with Crippen LogP contribution in [0.2, 0.25) is 0 Å². The van der Waals surface area contributed by atoms with E-state index in [1.54, 1.807) is 0 Å². The molecule has 0 radical (unpaired) electrons. The first-order chi connectivity index (χ1) is 9.03. The molecule has 1 heterocycles. The minimum absolute atomic E-state index is 0.0839. The number of aromatic nitrogens is 2. The predicted octanol–water partition coefficient (Wildman–Crippen LogP) is 2.28. The first-order valence-corrected chi connectivity index (χ1v) is 6.98. The largest absolute Gasteiger partial charge is 0.394 e. The Morgan fingerprint density at radius 3 is 2.42 bits per heavy atom. The number of hydrogen-bond acceptors (Lipinski definition) is 5. The van der Waals surface area contributed by atoms with E-state index in [2.05, 4.69) is 27.5 Å². The molecule has 1 aromatic heterocycles. The molecule has 3 N–H and O–H groups in total. The van der Waals surface area contributed by atoms with Gasteiger partial charge in [-0.2, -0.15) is 0 Å². The molecular formula is C14H24N4O. The summed E-state index contributed by atoms with van der Waals surface area (Å²) < 4.78 is 0. The molecule has 1 aliphatic rings. The molecule has 0 saturated heterocycles. The molecule has 2 rings (SSSR count). The summed E-state index contributed by atoms with van der Waals surface area (Å²) in [4.78, 5) is 9.22. The van der Waals surface area contributed by atoms with Gasteiger partial charge in [-0.25, -0.2) is 9.97 Å². The number of aliphatic hydroxyl groups is 1. The smallest absolute Gasteiger partial charge is 0.136 e. The highest BCUT2D eigenvalue weighted by atomic mass is 16.3. The molecule has 1 aliphatic carbocycles. The molecule has 0 spiro atoms. The van der Waals surface area contributed by atoms with Crippen molar-refractivity contribution < 1.29 is 5.11 Å². The minimum atomic E-state index is -0.342. The molecule has 5 nitrogen and oxygen atoms in total. The number of nitrogens with one attached hydrogen (secondary N) is 2. The molecule has 1 unspecified atom stereocenters. The quantitative estimate of drug-likeness (QED) is 0.735. The average molecular weight is 264 g/mol. The van der Waals surface area contributed by atoms with Gasteiger partial charge in [-0.15, -0.1) is 0 Å². The van der Waals surface area contributed by atoms with Crippen LogP contribution in [0.1, 0.15) is 50.4 Å². The van der Waals surface area contributed by atoms with Crippen LogP contribution in [0.4, 0.5) is 11.6 Å². The topological polar surface area (TPSA) is 70.1 Å². The lowest BCUT2D eigenvalue weighted by Gasteiger charge is -2.29. The summed E-state index contributed by atoms with van der Waals surface area (Å²) in [7, 11) is 1.88. The van der Waals surface area contributed by atoms with E-state index in [1.807, 2.05) is 20.9 Å². The van der Waals surface area contributed by atoms with Crippen LogP contribution in [-0.2, 0) is 0 Å². The van der Waals surface area contributed by atoms with Gasteiger partial charge in [-0.05, 0) is 33.1 Å². The van der Waals surface area contributed by atoms with Crippen LogP contribution in [0, 0.1) is 6.92 Å². The average Bonchev–Trinajstić information content (AvgIpc) is 3.25. The molecule has 0 aliphatic heterocycles. The van der Waals surface area contributed by atoms with Gasteiger partial charge in [0.1, 0.15) is 17.5 Å². The number of aliphatic hydroxyl groups excluding tert-OH is 1. The Balaban J connectivity index is 2.35. The van der Waals surface area contributed by atoms with E-state index in [0.29, 0.717) is 5.92 Å². The maximum Gasteiger partial charge on any atom is 0.136 e. The van der Waals surface area contributed by atoms with Gasteiger partial charge in [-0.3, -0.25) is 0 Å². The van der Waals surface area contributed by atoms with Gasteiger partial charge >= 0.3 is 0 Å². The van der Waals surface area contributed by atoms with Crippen molar-refractivity contribution in [2.24, 2.45) is 0 Å². The molecule has 0 amide bonds. The Bertz CT molecular complexity index is 453. The highest BCUT2D eigenvalue weighted by Crippen LogP contribution is 2.39. The van der Waals surface area contributed by atoms with Crippen LogP contribution in [0.15, 0.2) is 0 Å². The van der Waals surface area contributed by atoms with Crippen molar-refractivity contribution in [2.45, 2.75) is 51.5 Å². The number of anilines is 2. The fourth-order valence-corrected chi connectivity index (χ4v) is 1.95. The van der Waals surface area contributed by atoms with Gasteiger partial charge in [-0.1, -0.05) is 6.92 Å². The van der Waals surface area contributed by atoms with Crippen molar-refractivity contribution in [3.8, 4) is 0 Å². The summed E-state index contributed by atoms with van der Waals surface area (Å²) in [5, 5.41) is 16.0. The summed E-state index contributed by atoms with van der Waals surface area (Å²) in [6, 6.07) is 0. The highest BCUT2D eigenvalue weighted by Gasteiger charge is 2.29. The lowest BCUT2D eigenvalue weighted by molar-refractivity contribution is 0.218. The first-order valence-electron chi connectivity index (χ1n) is 6.98. The molecule has 19 heavy (non-hydrogen) atoms. The minimum Gasteiger partial charge on any atom is -0.394 e. The SMILES string of the molecule is CCC(C)(CO)Nc1nc(C2CC2)nc(NC)c1C. The number of nitrogens with zero attached hydrogens (tertiary/aromatic N) is 2. The van der Waals surface area contributed by atoms with Gasteiger partial charge in [0.25, 0.3) is 0 Å². The van der Waals surface area contributed by atoms with E-state index in [9.17, 15) is 5.11 Å². The lowest BCUT2D eigenvalue weighted by atomic mass is 10.00. The fourth-order valence-electron chi connectivity index (χ4n) is 1.95. The number of rotatable bonds is 6. The van der Waals surface area contributed by atoms with Crippen LogP contribution in [0.5, 0.6) is 0 Å². The Hall–Kier alpha value is -1.36. The molecule has 1 aromatic rings. The molecule has 5 heteroatoms. The summed E-state index contributed by atoms with van der Waals surface area (Å²) in [5.41, 5.74) is 0.658. The van der Waals surface area contributed by atoms with E-state index >= 15 is 0 Å². The fraction of sp³-hybridized carbons (Fsp3) is 0.714. The molecule has 106 valence electrons. The van der Waals surface area contributed by atoms with Crippen LogP contribution < -0.4 is 10.6 Å². The van der Waals surface area contributed by atoms with Crippen molar-refractivity contribution in [3.63, 3.8) is 0 Å². The zero-order chi connectivity index (χ0) is 14.0. The van der Waals surface area contributed by atoms with E-state index in [4.69, 9.17) is 0 Å². The lowest BCUT2D eigenvalue weighted by Crippen LogP contribution is -2.38. The standard InChI is InChI=1S/C14H24N4O/c1-5-14(3,8-19)18-12-9(2)11(15-4)16-13(17-12)10-6-7-10/h10,19H,5-8H2,1-4H3,(H2,15,16,17,18). The third kappa shape index (κ3) is 2.97. The van der Waals surface area contributed by atoms with Crippen LogP contribution in [0.25, 0.3) is 0 Å². The Labute approximate surface area is 114 Å². The summed E-state index contributed by atoms with van der Waals surface area (Å²) in [6.45, 7) is 6.14. The zero-order valence-corrected chi connectivity index (χ0v) is 12.2. The zero-order valence-electron chi connectivity index (χ0n) is 12.2. The van der Waals surface area contributed by atoms with Crippen molar-refractivity contribution >= 4 is 11.6 Å². The number of hydrogen-bond donors (Lipinski definition) is 3. The Morgan fingerprint density at radius 1 is 1.32 bits per heavy atom. The molecule has 1 fully saturated rings. The third-order valence-electron chi connectivity index (χ3n) is 3.89. The monoisotopic (exact) mass is 264 g/mol.